The zero-order chi connectivity index (χ0) is 16.2. The zero-order valence-corrected chi connectivity index (χ0v) is 15.4. The quantitative estimate of drug-likeness (QED) is 0.860. The van der Waals surface area contributed by atoms with Crippen molar-refractivity contribution >= 4 is 18.3 Å². The summed E-state index contributed by atoms with van der Waals surface area (Å²) in [6.45, 7) is 7.10. The second kappa shape index (κ2) is 8.16. The largest absolute Gasteiger partial charge is 0.355 e. The standard InChI is InChI=1S/C19H30N2O.ClH/c1-18(2,13-15-9-5-4-6-10-15)14-21-17(22)16-11-7-8-12-19(16,3)20;/h4-6,9-10,16H,7-8,11-14,20H2,1-3H3,(H,21,22);1H. The molecule has 1 amide bonds. The molecule has 1 aliphatic carbocycles. The summed E-state index contributed by atoms with van der Waals surface area (Å²) < 4.78 is 0. The molecule has 1 fully saturated rings. The van der Waals surface area contributed by atoms with E-state index in [-0.39, 0.29) is 35.2 Å². The van der Waals surface area contributed by atoms with Crippen LogP contribution in [0.25, 0.3) is 0 Å². The van der Waals surface area contributed by atoms with Gasteiger partial charge in [-0.2, -0.15) is 0 Å². The number of benzene rings is 1. The highest BCUT2D eigenvalue weighted by Gasteiger charge is 2.38. The summed E-state index contributed by atoms with van der Waals surface area (Å²) in [5.41, 5.74) is 7.32. The molecule has 130 valence electrons. The molecule has 1 aromatic carbocycles. The van der Waals surface area contributed by atoms with Crippen LogP contribution < -0.4 is 11.1 Å². The molecule has 0 bridgehead atoms. The zero-order valence-electron chi connectivity index (χ0n) is 14.6. The molecular weight excluding hydrogens is 308 g/mol. The molecule has 0 heterocycles. The molecule has 0 spiro atoms. The second-order valence-corrected chi connectivity index (χ2v) is 7.85. The Morgan fingerprint density at radius 3 is 2.57 bits per heavy atom. The van der Waals surface area contributed by atoms with Crippen LogP contribution in [0.15, 0.2) is 30.3 Å². The van der Waals surface area contributed by atoms with Gasteiger partial charge in [-0.05, 0) is 37.2 Å². The Hall–Kier alpha value is -1.06. The molecule has 23 heavy (non-hydrogen) atoms. The van der Waals surface area contributed by atoms with Crippen molar-refractivity contribution in [1.82, 2.24) is 5.32 Å². The highest BCUT2D eigenvalue weighted by atomic mass is 35.5. The molecule has 2 atom stereocenters. The van der Waals surface area contributed by atoms with Crippen molar-refractivity contribution in [2.24, 2.45) is 17.1 Å². The van der Waals surface area contributed by atoms with Crippen molar-refractivity contribution < 1.29 is 4.79 Å². The summed E-state index contributed by atoms with van der Waals surface area (Å²) in [7, 11) is 0. The van der Waals surface area contributed by atoms with Gasteiger partial charge in [0.05, 0.1) is 5.92 Å². The number of nitrogens with two attached hydrogens (primary N) is 1. The molecule has 3 N–H and O–H groups in total. The SMILES string of the molecule is CC(C)(CNC(=O)C1CCCCC1(C)N)Cc1ccccc1.Cl. The van der Waals surface area contributed by atoms with Crippen LogP contribution in [-0.4, -0.2) is 18.0 Å². The second-order valence-electron chi connectivity index (χ2n) is 7.85. The van der Waals surface area contributed by atoms with Gasteiger partial charge in [0.2, 0.25) is 5.91 Å². The van der Waals surface area contributed by atoms with Crippen molar-refractivity contribution in [1.29, 1.82) is 0 Å². The minimum Gasteiger partial charge on any atom is -0.355 e. The summed E-state index contributed by atoms with van der Waals surface area (Å²) in [5, 5.41) is 3.15. The molecule has 1 aromatic rings. The summed E-state index contributed by atoms with van der Waals surface area (Å²) in [5.74, 6) is 0.0830. The summed E-state index contributed by atoms with van der Waals surface area (Å²) in [6, 6.07) is 10.4. The van der Waals surface area contributed by atoms with Crippen LogP contribution in [0.2, 0.25) is 0 Å². The topological polar surface area (TPSA) is 55.1 Å². The van der Waals surface area contributed by atoms with E-state index >= 15 is 0 Å². The molecular formula is C19H31ClN2O. The number of hydrogen-bond acceptors (Lipinski definition) is 2. The van der Waals surface area contributed by atoms with Crippen LogP contribution in [-0.2, 0) is 11.2 Å². The molecule has 2 rings (SSSR count). The average molecular weight is 339 g/mol. The summed E-state index contributed by atoms with van der Waals surface area (Å²) in [4.78, 5) is 12.5. The molecule has 1 saturated carbocycles. The number of nitrogens with one attached hydrogen (secondary N) is 1. The van der Waals surface area contributed by atoms with Gasteiger partial charge in [0.15, 0.2) is 0 Å². The molecule has 0 saturated heterocycles. The number of halogens is 1. The first-order valence-corrected chi connectivity index (χ1v) is 8.41. The first-order valence-electron chi connectivity index (χ1n) is 8.41. The highest BCUT2D eigenvalue weighted by Crippen LogP contribution is 2.32. The van der Waals surface area contributed by atoms with E-state index in [1.807, 2.05) is 13.0 Å². The number of carbonyl (C=O) groups excluding carboxylic acids is 1. The minimum atomic E-state index is -0.355. The van der Waals surface area contributed by atoms with E-state index < -0.39 is 0 Å². The monoisotopic (exact) mass is 338 g/mol. The fraction of sp³-hybridized carbons (Fsp3) is 0.632. The number of hydrogen-bond donors (Lipinski definition) is 2. The van der Waals surface area contributed by atoms with Gasteiger partial charge in [0.1, 0.15) is 0 Å². The lowest BCUT2D eigenvalue weighted by Gasteiger charge is -2.38. The normalized spacial score (nSPS) is 24.6. The Morgan fingerprint density at radius 1 is 1.30 bits per heavy atom. The van der Waals surface area contributed by atoms with Crippen LogP contribution in [0, 0.1) is 11.3 Å². The lowest BCUT2D eigenvalue weighted by atomic mass is 9.74. The van der Waals surface area contributed by atoms with Crippen molar-refractivity contribution in [3.8, 4) is 0 Å². The smallest absolute Gasteiger partial charge is 0.224 e. The van der Waals surface area contributed by atoms with Gasteiger partial charge < -0.3 is 11.1 Å². The number of carbonyl (C=O) groups is 1. The molecule has 1 aliphatic rings. The molecule has 4 heteroatoms. The van der Waals surface area contributed by atoms with E-state index in [1.54, 1.807) is 0 Å². The maximum absolute atomic E-state index is 12.5. The molecule has 0 aromatic heterocycles. The van der Waals surface area contributed by atoms with E-state index in [0.29, 0.717) is 6.54 Å². The van der Waals surface area contributed by atoms with E-state index in [0.717, 1.165) is 32.1 Å². The lowest BCUT2D eigenvalue weighted by Crippen LogP contribution is -2.53. The third-order valence-electron chi connectivity index (χ3n) is 4.84. The van der Waals surface area contributed by atoms with Crippen LogP contribution in [0.3, 0.4) is 0 Å². The van der Waals surface area contributed by atoms with Gasteiger partial charge in [-0.1, -0.05) is 57.0 Å². The predicted molar refractivity (Wildman–Crippen MR) is 98.7 cm³/mol. The van der Waals surface area contributed by atoms with Crippen LogP contribution in [0.5, 0.6) is 0 Å². The van der Waals surface area contributed by atoms with Gasteiger partial charge >= 0.3 is 0 Å². The van der Waals surface area contributed by atoms with E-state index in [2.05, 4.69) is 43.4 Å². The van der Waals surface area contributed by atoms with Gasteiger partial charge in [0.25, 0.3) is 0 Å². The Balaban J connectivity index is 0.00000264. The molecule has 0 aliphatic heterocycles. The van der Waals surface area contributed by atoms with Crippen molar-refractivity contribution in [2.45, 2.75) is 58.4 Å². The minimum absolute atomic E-state index is 0. The Morgan fingerprint density at radius 2 is 1.96 bits per heavy atom. The average Bonchev–Trinajstić information content (AvgIpc) is 2.45. The van der Waals surface area contributed by atoms with Crippen molar-refractivity contribution in [2.75, 3.05) is 6.54 Å². The van der Waals surface area contributed by atoms with Gasteiger partial charge in [0, 0.05) is 12.1 Å². The lowest BCUT2D eigenvalue weighted by molar-refractivity contribution is -0.128. The van der Waals surface area contributed by atoms with Gasteiger partial charge in [-0.25, -0.2) is 0 Å². The maximum Gasteiger partial charge on any atom is 0.224 e. The fourth-order valence-corrected chi connectivity index (χ4v) is 3.45. The third kappa shape index (κ3) is 5.82. The Kier molecular flexibility index (Phi) is 7.09. The summed E-state index contributed by atoms with van der Waals surface area (Å²) in [6.07, 6.45) is 5.06. The number of rotatable bonds is 5. The molecule has 0 radical (unpaired) electrons. The van der Waals surface area contributed by atoms with Crippen molar-refractivity contribution in [3.63, 3.8) is 0 Å². The van der Waals surface area contributed by atoms with Crippen LogP contribution in [0.4, 0.5) is 0 Å². The maximum atomic E-state index is 12.5. The Bertz CT molecular complexity index is 499. The predicted octanol–water partition coefficient (Wildman–Crippen LogP) is 3.70. The highest BCUT2D eigenvalue weighted by molar-refractivity contribution is 5.85. The third-order valence-corrected chi connectivity index (χ3v) is 4.84. The summed E-state index contributed by atoms with van der Waals surface area (Å²) >= 11 is 0. The van der Waals surface area contributed by atoms with E-state index in [4.69, 9.17) is 5.73 Å². The van der Waals surface area contributed by atoms with Gasteiger partial charge in [-0.15, -0.1) is 12.4 Å². The molecule has 3 nitrogen and oxygen atoms in total. The first-order chi connectivity index (χ1) is 10.3. The number of amides is 1. The molecule has 2 unspecified atom stereocenters. The first kappa shape index (κ1) is 20.0. The Labute approximate surface area is 146 Å². The van der Waals surface area contributed by atoms with E-state index in [1.165, 1.54) is 5.56 Å². The van der Waals surface area contributed by atoms with Crippen LogP contribution in [0.1, 0.15) is 52.0 Å². The fourth-order valence-electron chi connectivity index (χ4n) is 3.45. The van der Waals surface area contributed by atoms with E-state index in [9.17, 15) is 4.79 Å². The van der Waals surface area contributed by atoms with Gasteiger partial charge in [-0.3, -0.25) is 4.79 Å². The van der Waals surface area contributed by atoms with Crippen molar-refractivity contribution in [3.05, 3.63) is 35.9 Å². The van der Waals surface area contributed by atoms with Crippen LogP contribution >= 0.6 is 12.4 Å².